The molecule has 1 aliphatic carbocycles. The van der Waals surface area contributed by atoms with Crippen molar-refractivity contribution in [2.75, 3.05) is 58.3 Å². The number of ether oxygens (including phenoxy) is 5. The van der Waals surface area contributed by atoms with E-state index in [2.05, 4.69) is 56.3 Å². The molecule has 0 radical (unpaired) electrons. The molecule has 4 aliphatic heterocycles. The molecule has 0 bridgehead atoms. The van der Waals surface area contributed by atoms with Crippen LogP contribution in [0.25, 0.3) is 5.57 Å². The largest absolute Gasteiger partial charge is 0.497 e. The highest BCUT2D eigenvalue weighted by molar-refractivity contribution is 6.74. The van der Waals surface area contributed by atoms with Gasteiger partial charge in [0.2, 0.25) is 0 Å². The van der Waals surface area contributed by atoms with E-state index in [0.717, 1.165) is 61.3 Å². The van der Waals surface area contributed by atoms with Gasteiger partial charge in [0.15, 0.2) is 31.3 Å². The van der Waals surface area contributed by atoms with Gasteiger partial charge in [0.1, 0.15) is 12.0 Å². The number of methoxy groups -OCH3 is 3. The molecule has 3 aromatic rings. The summed E-state index contributed by atoms with van der Waals surface area (Å²) in [6, 6.07) is 15.6. The van der Waals surface area contributed by atoms with Crippen molar-refractivity contribution >= 4 is 37.1 Å². The van der Waals surface area contributed by atoms with Crippen molar-refractivity contribution in [3.63, 3.8) is 0 Å². The lowest BCUT2D eigenvalue weighted by Crippen LogP contribution is -2.59. The number of fused-ring (bicyclic) bond motifs is 4. The Labute approximate surface area is 356 Å². The third kappa shape index (κ3) is 7.79. The maximum absolute atomic E-state index is 14.6. The van der Waals surface area contributed by atoms with Gasteiger partial charge < -0.3 is 48.5 Å². The van der Waals surface area contributed by atoms with Gasteiger partial charge in [-0.2, -0.15) is 0 Å². The van der Waals surface area contributed by atoms with Crippen molar-refractivity contribution in [1.82, 2.24) is 9.80 Å². The number of hydrogen-bond acceptors (Lipinski definition) is 10. The van der Waals surface area contributed by atoms with Crippen LogP contribution >= 0.6 is 0 Å². The Morgan fingerprint density at radius 3 is 2.00 bits per heavy atom. The predicted molar refractivity (Wildman–Crippen MR) is 236 cm³/mol. The molecule has 1 saturated heterocycles. The molecule has 0 aromatic heterocycles. The number of nitrogens with one attached hydrogen (secondary N) is 2. The Hall–Kier alpha value is -4.88. The lowest BCUT2D eigenvalue weighted by atomic mass is 9.91. The van der Waals surface area contributed by atoms with Gasteiger partial charge in [-0.05, 0) is 104 Å². The Balaban J connectivity index is 0.928. The fraction of sp³-hybridized carbons (Fsp3) is 0.532. The summed E-state index contributed by atoms with van der Waals surface area (Å²) in [5, 5.41) is 7.18. The van der Waals surface area contributed by atoms with Crippen LogP contribution in [-0.4, -0.2) is 95.4 Å². The Morgan fingerprint density at radius 2 is 1.42 bits per heavy atom. The molecular weight excluding hydrogens is 777 g/mol. The molecule has 1 saturated carbocycles. The number of anilines is 2. The summed E-state index contributed by atoms with van der Waals surface area (Å²) in [6.45, 7) is 15.8. The zero-order valence-corrected chi connectivity index (χ0v) is 37.8. The lowest BCUT2D eigenvalue weighted by Gasteiger charge is -2.46. The minimum absolute atomic E-state index is 0.0555. The van der Waals surface area contributed by atoms with Gasteiger partial charge in [0, 0.05) is 43.9 Å². The van der Waals surface area contributed by atoms with Crippen molar-refractivity contribution in [2.24, 2.45) is 5.41 Å². The number of amides is 2. The first-order chi connectivity index (χ1) is 28.6. The third-order valence-electron chi connectivity index (χ3n) is 13.9. The van der Waals surface area contributed by atoms with Crippen molar-refractivity contribution in [2.45, 2.75) is 109 Å². The van der Waals surface area contributed by atoms with Crippen molar-refractivity contribution in [3.8, 4) is 28.7 Å². The summed E-state index contributed by atoms with van der Waals surface area (Å²) in [4.78, 5) is 32.1. The molecule has 322 valence electrons. The van der Waals surface area contributed by atoms with Crippen molar-refractivity contribution in [3.05, 3.63) is 71.4 Å². The topological polar surface area (TPSA) is 120 Å². The van der Waals surface area contributed by atoms with Crippen LogP contribution in [0, 0.1) is 5.41 Å². The molecule has 3 atom stereocenters. The van der Waals surface area contributed by atoms with E-state index >= 15 is 0 Å². The van der Waals surface area contributed by atoms with Gasteiger partial charge in [-0.25, -0.2) is 0 Å². The second-order valence-electron chi connectivity index (χ2n) is 19.0. The minimum Gasteiger partial charge on any atom is -0.497 e. The Kier molecular flexibility index (Phi) is 11.1. The summed E-state index contributed by atoms with van der Waals surface area (Å²) in [7, 11) is 2.54. The van der Waals surface area contributed by atoms with E-state index < -0.39 is 20.1 Å². The highest BCUT2D eigenvalue weighted by atomic mass is 28.4. The number of rotatable bonds is 14. The lowest BCUT2D eigenvalue weighted by molar-refractivity contribution is 0.0350. The highest BCUT2D eigenvalue weighted by Crippen LogP contribution is 2.56. The first-order valence-electron chi connectivity index (χ1n) is 21.5. The first-order valence-corrected chi connectivity index (χ1v) is 24.4. The van der Waals surface area contributed by atoms with Crippen molar-refractivity contribution in [1.29, 1.82) is 0 Å². The summed E-state index contributed by atoms with van der Waals surface area (Å²) in [5.74, 6) is 2.97. The second kappa shape index (κ2) is 15.9. The summed E-state index contributed by atoms with van der Waals surface area (Å²) in [5.41, 5.74) is 4.32. The molecule has 2 amide bonds. The average molecular weight is 839 g/mol. The predicted octanol–water partition coefficient (Wildman–Crippen LogP) is 9.18. The number of nitrogens with zero attached hydrogens (tertiary/aromatic N) is 2. The molecule has 2 fully saturated rings. The highest BCUT2D eigenvalue weighted by Gasteiger charge is 2.55. The van der Waals surface area contributed by atoms with E-state index in [9.17, 15) is 9.59 Å². The van der Waals surface area contributed by atoms with E-state index in [1.165, 1.54) is 12.8 Å². The third-order valence-corrected chi connectivity index (χ3v) is 18.3. The molecule has 13 heteroatoms. The van der Waals surface area contributed by atoms with Crippen LogP contribution in [0.2, 0.25) is 18.1 Å². The Morgan fingerprint density at radius 1 is 0.800 bits per heavy atom. The molecule has 8 rings (SSSR count). The van der Waals surface area contributed by atoms with E-state index in [1.807, 2.05) is 53.6 Å². The van der Waals surface area contributed by atoms with Gasteiger partial charge >= 0.3 is 0 Å². The maximum atomic E-state index is 14.6. The van der Waals surface area contributed by atoms with E-state index in [1.54, 1.807) is 27.4 Å². The summed E-state index contributed by atoms with van der Waals surface area (Å²) >= 11 is 0. The molecule has 2 N–H and O–H groups in total. The average Bonchev–Trinajstić information content (AvgIpc) is 3.79. The number of unbranched alkanes of at least 4 members (excludes halogenated alkanes) is 2. The maximum Gasteiger partial charge on any atom is 0.260 e. The Bertz CT molecular complexity index is 2160. The van der Waals surface area contributed by atoms with Crippen molar-refractivity contribution < 1.29 is 37.7 Å². The summed E-state index contributed by atoms with van der Waals surface area (Å²) in [6.07, 6.45) is 8.07. The number of carbonyl (C=O) groups excluding carboxylic acids is 2. The van der Waals surface area contributed by atoms with Crippen LogP contribution in [0.1, 0.15) is 98.9 Å². The standard InChI is InChI=1S/C47H62N4O8Si/c1-45(2,3)60(8,9)59-44-46(4)25-31(30-13-15-33(54-5)16-14-30)28-51(46)43(53)35-22-39(56-7)41(24-37(35)49-44)58-20-12-10-11-19-57-40-23-36-34(21-38(40)55-6)42(52)50-29-47(17-18-47)26-32(50)27-48-36/h13-16,21-24,28,32,44,48-49H,10-12,17-20,25-27,29H2,1-9H3/t32-,44?,46?/m0/s1. The monoisotopic (exact) mass is 838 g/mol. The zero-order chi connectivity index (χ0) is 42.6. The van der Waals surface area contributed by atoms with Gasteiger partial charge in [-0.1, -0.05) is 32.9 Å². The van der Waals surface area contributed by atoms with Gasteiger partial charge in [-0.15, -0.1) is 0 Å². The fourth-order valence-corrected chi connectivity index (χ4v) is 10.2. The number of benzene rings is 3. The van der Waals surface area contributed by atoms with Crippen LogP contribution in [0.4, 0.5) is 11.4 Å². The van der Waals surface area contributed by atoms with Crippen LogP contribution in [-0.2, 0) is 4.43 Å². The molecule has 4 heterocycles. The molecule has 60 heavy (non-hydrogen) atoms. The molecule has 1 spiro atoms. The molecular formula is C47H62N4O8Si. The van der Waals surface area contributed by atoms with Crippen LogP contribution in [0.15, 0.2) is 54.7 Å². The first kappa shape index (κ1) is 41.8. The molecule has 3 aromatic carbocycles. The van der Waals surface area contributed by atoms with Crippen LogP contribution < -0.4 is 34.3 Å². The van der Waals surface area contributed by atoms with Gasteiger partial charge in [0.05, 0.1) is 62.6 Å². The van der Waals surface area contributed by atoms with Gasteiger partial charge in [0.25, 0.3) is 11.8 Å². The number of hydrogen-bond donors (Lipinski definition) is 2. The van der Waals surface area contributed by atoms with E-state index in [0.29, 0.717) is 64.9 Å². The zero-order valence-electron chi connectivity index (χ0n) is 36.8. The van der Waals surface area contributed by atoms with E-state index in [4.69, 9.17) is 28.1 Å². The minimum atomic E-state index is -2.32. The quantitative estimate of drug-likeness (QED) is 0.120. The summed E-state index contributed by atoms with van der Waals surface area (Å²) < 4.78 is 36.7. The fourth-order valence-electron chi connectivity index (χ4n) is 8.90. The molecule has 12 nitrogen and oxygen atoms in total. The van der Waals surface area contributed by atoms with Gasteiger partial charge in [-0.3, -0.25) is 9.59 Å². The van der Waals surface area contributed by atoms with E-state index in [-0.39, 0.29) is 22.9 Å². The smallest absolute Gasteiger partial charge is 0.260 e. The normalized spacial score (nSPS) is 22.6. The number of carbonyl (C=O) groups is 2. The van der Waals surface area contributed by atoms with Crippen LogP contribution in [0.5, 0.6) is 28.7 Å². The SMILES string of the molecule is COc1ccc(C2=CN3C(=O)c4cc(OC)c(OCCCCCOc5cc6c(cc5OC)C(=O)N5CC7(CC7)C[C@H]5CN6)cc4NC(O[Si](C)(C)C(C)(C)C)C3(C)C2)cc1. The second-order valence-corrected chi connectivity index (χ2v) is 23.8. The molecule has 5 aliphatic rings. The van der Waals surface area contributed by atoms with Crippen LogP contribution in [0.3, 0.4) is 0 Å². The molecule has 2 unspecified atom stereocenters.